The van der Waals surface area contributed by atoms with E-state index in [0.717, 1.165) is 36.5 Å². The van der Waals surface area contributed by atoms with E-state index in [-0.39, 0.29) is 5.91 Å². The molecule has 98 valence electrons. The number of amides is 1. The first-order chi connectivity index (χ1) is 8.49. The maximum Gasteiger partial charge on any atom is 0.217 e. The summed E-state index contributed by atoms with van der Waals surface area (Å²) in [6, 6.07) is 3.67. The summed E-state index contributed by atoms with van der Waals surface area (Å²) in [7, 11) is 0. The Balaban J connectivity index is 2.47. The Morgan fingerprint density at radius 2 is 2.11 bits per heavy atom. The van der Waals surface area contributed by atoms with Crippen LogP contribution in [0.4, 0.5) is 5.82 Å². The number of unbranched alkanes of at least 4 members (excludes halogenated alkanes) is 1. The molecule has 1 aromatic rings. The number of rotatable bonds is 7. The average Bonchev–Trinajstić information content (AvgIpc) is 2.27. The molecule has 6 heteroatoms. The van der Waals surface area contributed by atoms with Crippen LogP contribution in [0, 0.1) is 6.92 Å². The Labute approximate surface area is 112 Å². The second-order valence-electron chi connectivity index (χ2n) is 4.10. The molecule has 1 rings (SSSR count). The number of pyridine rings is 1. The molecule has 0 spiro atoms. The van der Waals surface area contributed by atoms with Crippen LogP contribution in [0.15, 0.2) is 12.1 Å². The lowest BCUT2D eigenvalue weighted by molar-refractivity contribution is -0.118. The second-order valence-corrected chi connectivity index (χ2v) is 4.54. The number of anilines is 1. The number of hydrogen-bond acceptors (Lipinski definition) is 4. The van der Waals surface area contributed by atoms with E-state index in [4.69, 9.17) is 23.7 Å². The highest BCUT2D eigenvalue weighted by Crippen LogP contribution is 2.10. The third kappa shape index (κ3) is 5.09. The van der Waals surface area contributed by atoms with Gasteiger partial charge in [-0.3, -0.25) is 4.79 Å². The number of nitrogens with zero attached hydrogens (tertiary/aromatic N) is 1. The second kappa shape index (κ2) is 6.90. The molecule has 0 saturated carbocycles. The summed E-state index contributed by atoms with van der Waals surface area (Å²) in [6.07, 6.45) is 2.05. The molecule has 0 aliphatic carbocycles. The molecule has 5 N–H and O–H groups in total. The third-order valence-corrected chi connectivity index (χ3v) is 2.63. The maximum atomic E-state index is 10.6. The summed E-state index contributed by atoms with van der Waals surface area (Å²) >= 11 is 4.93. The van der Waals surface area contributed by atoms with Crippen molar-refractivity contribution in [2.45, 2.75) is 26.2 Å². The van der Waals surface area contributed by atoms with Crippen LogP contribution >= 0.6 is 12.2 Å². The van der Waals surface area contributed by atoms with E-state index >= 15 is 0 Å². The van der Waals surface area contributed by atoms with E-state index in [1.807, 2.05) is 19.1 Å². The fourth-order valence-corrected chi connectivity index (χ4v) is 1.66. The fourth-order valence-electron chi connectivity index (χ4n) is 1.54. The number of nitrogens with one attached hydrogen (secondary N) is 1. The van der Waals surface area contributed by atoms with E-state index in [1.165, 1.54) is 0 Å². The van der Waals surface area contributed by atoms with Crippen molar-refractivity contribution in [1.29, 1.82) is 0 Å². The molecule has 1 heterocycles. The average molecular weight is 266 g/mol. The lowest BCUT2D eigenvalue weighted by atomic mass is 10.2. The van der Waals surface area contributed by atoms with E-state index in [0.29, 0.717) is 11.4 Å². The Bertz CT molecular complexity index is 448. The molecule has 0 unspecified atom stereocenters. The first-order valence-corrected chi connectivity index (χ1v) is 6.20. The quantitative estimate of drug-likeness (QED) is 0.507. The zero-order chi connectivity index (χ0) is 13.5. The highest BCUT2D eigenvalue weighted by molar-refractivity contribution is 7.80. The number of hydrogen-bond donors (Lipinski definition) is 3. The molecule has 1 amide bonds. The minimum absolute atomic E-state index is 0.264. The van der Waals surface area contributed by atoms with Gasteiger partial charge in [0.1, 0.15) is 10.8 Å². The van der Waals surface area contributed by atoms with Crippen LogP contribution in [0.1, 0.15) is 30.5 Å². The molecule has 0 fully saturated rings. The van der Waals surface area contributed by atoms with E-state index in [9.17, 15) is 4.79 Å². The van der Waals surface area contributed by atoms with Gasteiger partial charge in [0.15, 0.2) is 0 Å². The van der Waals surface area contributed by atoms with Crippen LogP contribution in [0.3, 0.4) is 0 Å². The van der Waals surface area contributed by atoms with Crippen LogP contribution in [-0.2, 0) is 4.79 Å². The van der Waals surface area contributed by atoms with Crippen LogP contribution < -0.4 is 16.8 Å². The van der Waals surface area contributed by atoms with Crippen molar-refractivity contribution in [3.05, 3.63) is 23.4 Å². The van der Waals surface area contributed by atoms with Crippen LogP contribution in [0.25, 0.3) is 0 Å². The Morgan fingerprint density at radius 1 is 1.39 bits per heavy atom. The number of primary amides is 1. The van der Waals surface area contributed by atoms with Gasteiger partial charge in [-0.2, -0.15) is 0 Å². The molecule has 0 saturated heterocycles. The Morgan fingerprint density at radius 3 is 2.72 bits per heavy atom. The summed E-state index contributed by atoms with van der Waals surface area (Å²) in [6.45, 7) is 2.63. The molecule has 0 atom stereocenters. The lowest BCUT2D eigenvalue weighted by Crippen LogP contribution is -2.13. The number of aromatic nitrogens is 1. The van der Waals surface area contributed by atoms with Gasteiger partial charge < -0.3 is 16.8 Å². The monoisotopic (exact) mass is 266 g/mol. The SMILES string of the molecule is Cc1cc(C(N)=S)cc(NCCCCC(N)=O)n1. The molecular formula is C12H18N4OS. The number of nitrogens with two attached hydrogens (primary N) is 2. The van der Waals surface area contributed by atoms with Crippen molar-refractivity contribution >= 4 is 28.9 Å². The first kappa shape index (κ1) is 14.4. The van der Waals surface area contributed by atoms with Gasteiger partial charge in [-0.1, -0.05) is 12.2 Å². The van der Waals surface area contributed by atoms with Crippen molar-refractivity contribution in [2.24, 2.45) is 11.5 Å². The predicted octanol–water partition coefficient (Wildman–Crippen LogP) is 1.09. The summed E-state index contributed by atoms with van der Waals surface area (Å²) in [4.78, 5) is 15.2. The molecule has 0 bridgehead atoms. The van der Waals surface area contributed by atoms with Gasteiger partial charge in [0, 0.05) is 24.2 Å². The molecule has 0 radical (unpaired) electrons. The van der Waals surface area contributed by atoms with E-state index < -0.39 is 0 Å². The topological polar surface area (TPSA) is 94.0 Å². The van der Waals surface area contributed by atoms with Gasteiger partial charge in [-0.15, -0.1) is 0 Å². The van der Waals surface area contributed by atoms with Crippen LogP contribution in [0.2, 0.25) is 0 Å². The number of thiocarbonyl (C=S) groups is 1. The predicted molar refractivity (Wildman–Crippen MR) is 76.4 cm³/mol. The van der Waals surface area contributed by atoms with Gasteiger partial charge in [0.25, 0.3) is 0 Å². The summed E-state index contributed by atoms with van der Waals surface area (Å²) < 4.78 is 0. The summed E-state index contributed by atoms with van der Waals surface area (Å²) in [5.74, 6) is 0.483. The van der Waals surface area contributed by atoms with Crippen LogP contribution in [0.5, 0.6) is 0 Å². The largest absolute Gasteiger partial charge is 0.389 e. The standard InChI is InChI=1S/C12H18N4OS/c1-8-6-9(12(14)18)7-11(16-8)15-5-3-2-4-10(13)17/h6-7H,2-5H2,1H3,(H2,13,17)(H2,14,18)(H,15,16). The molecule has 0 aromatic carbocycles. The van der Waals surface area contributed by atoms with Crippen LogP contribution in [-0.4, -0.2) is 22.4 Å². The minimum atomic E-state index is -0.264. The molecule has 0 aliphatic rings. The normalized spacial score (nSPS) is 10.1. The first-order valence-electron chi connectivity index (χ1n) is 5.79. The third-order valence-electron chi connectivity index (χ3n) is 2.39. The summed E-state index contributed by atoms with van der Waals surface area (Å²) in [5, 5.41) is 3.18. The van der Waals surface area contributed by atoms with Gasteiger partial charge in [-0.25, -0.2) is 4.98 Å². The molecule has 0 aliphatic heterocycles. The zero-order valence-corrected chi connectivity index (χ0v) is 11.2. The van der Waals surface area contributed by atoms with Crippen molar-refractivity contribution in [2.75, 3.05) is 11.9 Å². The van der Waals surface area contributed by atoms with Crippen molar-refractivity contribution in [1.82, 2.24) is 4.98 Å². The highest BCUT2D eigenvalue weighted by Gasteiger charge is 2.02. The number of aryl methyl sites for hydroxylation is 1. The molecule has 1 aromatic heterocycles. The summed E-state index contributed by atoms with van der Waals surface area (Å²) in [5.41, 5.74) is 12.3. The van der Waals surface area contributed by atoms with Crippen molar-refractivity contribution in [3.8, 4) is 0 Å². The maximum absolute atomic E-state index is 10.6. The zero-order valence-electron chi connectivity index (χ0n) is 10.4. The molecule has 18 heavy (non-hydrogen) atoms. The van der Waals surface area contributed by atoms with Crippen molar-refractivity contribution in [3.63, 3.8) is 0 Å². The smallest absolute Gasteiger partial charge is 0.217 e. The molecular weight excluding hydrogens is 248 g/mol. The highest BCUT2D eigenvalue weighted by atomic mass is 32.1. The Hall–Kier alpha value is -1.69. The Kier molecular flexibility index (Phi) is 5.51. The fraction of sp³-hybridized carbons (Fsp3) is 0.417. The molecule has 5 nitrogen and oxygen atoms in total. The van der Waals surface area contributed by atoms with E-state index in [2.05, 4.69) is 10.3 Å². The van der Waals surface area contributed by atoms with Crippen molar-refractivity contribution < 1.29 is 4.79 Å². The van der Waals surface area contributed by atoms with Gasteiger partial charge in [0.2, 0.25) is 5.91 Å². The number of carbonyl (C=O) groups excluding carboxylic acids is 1. The lowest BCUT2D eigenvalue weighted by Gasteiger charge is -2.08. The van der Waals surface area contributed by atoms with Gasteiger partial charge >= 0.3 is 0 Å². The van der Waals surface area contributed by atoms with Gasteiger partial charge in [-0.05, 0) is 31.9 Å². The van der Waals surface area contributed by atoms with E-state index in [1.54, 1.807) is 0 Å². The van der Waals surface area contributed by atoms with Gasteiger partial charge in [0.05, 0.1) is 0 Å². The minimum Gasteiger partial charge on any atom is -0.389 e. The number of carbonyl (C=O) groups is 1.